The normalized spacial score (nSPS) is 18.0. The number of hydrogen-bond acceptors (Lipinski definition) is 5. The minimum absolute atomic E-state index is 0.0509. The number of ether oxygens (including phenoxy) is 1. The fraction of sp³-hybridized carbons (Fsp3) is 0.333. The molecule has 0 radical (unpaired) electrons. The summed E-state index contributed by atoms with van der Waals surface area (Å²) in [7, 11) is 3.58. The molecule has 0 aliphatic carbocycles. The van der Waals surface area contributed by atoms with Crippen LogP contribution in [0.3, 0.4) is 0 Å². The first kappa shape index (κ1) is 13.5. The van der Waals surface area contributed by atoms with Gasteiger partial charge in [0.05, 0.1) is 31.1 Å². The lowest BCUT2D eigenvalue weighted by molar-refractivity contribution is 0.415. The highest BCUT2D eigenvalue weighted by Gasteiger charge is 2.32. The fourth-order valence-electron chi connectivity index (χ4n) is 2.80. The summed E-state index contributed by atoms with van der Waals surface area (Å²) in [6.45, 7) is 2.63. The Morgan fingerprint density at radius 3 is 2.76 bits per heavy atom. The average molecular weight is 285 g/mol. The molecule has 0 spiro atoms. The Hall–Kier alpha value is -2.50. The van der Waals surface area contributed by atoms with Gasteiger partial charge in [-0.2, -0.15) is 5.10 Å². The third kappa shape index (κ3) is 2.22. The third-order valence-corrected chi connectivity index (χ3v) is 3.74. The van der Waals surface area contributed by atoms with Crippen molar-refractivity contribution in [3.8, 4) is 5.75 Å². The van der Waals surface area contributed by atoms with E-state index >= 15 is 0 Å². The monoisotopic (exact) mass is 285 g/mol. The zero-order valence-electron chi connectivity index (χ0n) is 12.4. The number of aliphatic imine (C=N–C) groups is 1. The first-order valence-electron chi connectivity index (χ1n) is 6.84. The molecule has 1 aromatic heterocycles. The molecule has 110 valence electrons. The minimum Gasteiger partial charge on any atom is -0.495 e. The van der Waals surface area contributed by atoms with Gasteiger partial charge in [0.1, 0.15) is 5.75 Å². The number of aromatic nitrogens is 2. The molecule has 6 heteroatoms. The van der Waals surface area contributed by atoms with Gasteiger partial charge in [-0.05, 0) is 19.1 Å². The van der Waals surface area contributed by atoms with E-state index in [1.54, 1.807) is 7.11 Å². The molecule has 1 aliphatic rings. The van der Waals surface area contributed by atoms with E-state index in [2.05, 4.69) is 10.1 Å². The molecule has 0 saturated heterocycles. The van der Waals surface area contributed by atoms with Crippen LogP contribution in [0.25, 0.3) is 0 Å². The molecule has 0 saturated carbocycles. The van der Waals surface area contributed by atoms with Gasteiger partial charge in [0, 0.05) is 18.8 Å². The molecule has 2 aromatic rings. The second kappa shape index (κ2) is 5.12. The Morgan fingerprint density at radius 1 is 1.33 bits per heavy atom. The number of anilines is 1. The standard InChI is InChI=1S/C15H19N5O/c1-10-11(9-19(2)18-10)13-8-17-15(16)20(13)12-6-4-5-7-14(12)21-3/h4-7,9,13H,8H2,1-3H3,(H2,16,17). The Balaban J connectivity index is 2.06. The van der Waals surface area contributed by atoms with Gasteiger partial charge in [0.15, 0.2) is 5.96 Å². The zero-order chi connectivity index (χ0) is 15.0. The van der Waals surface area contributed by atoms with Crippen molar-refractivity contribution in [1.29, 1.82) is 0 Å². The predicted molar refractivity (Wildman–Crippen MR) is 82.6 cm³/mol. The summed E-state index contributed by atoms with van der Waals surface area (Å²) >= 11 is 0. The second-order valence-electron chi connectivity index (χ2n) is 5.10. The van der Waals surface area contributed by atoms with Crippen molar-refractivity contribution < 1.29 is 4.74 Å². The molecular formula is C15H19N5O. The van der Waals surface area contributed by atoms with Gasteiger partial charge >= 0.3 is 0 Å². The van der Waals surface area contributed by atoms with Crippen molar-refractivity contribution in [3.05, 3.63) is 41.7 Å². The van der Waals surface area contributed by atoms with Crippen LogP contribution < -0.4 is 15.4 Å². The van der Waals surface area contributed by atoms with Crippen molar-refractivity contribution in [2.24, 2.45) is 17.8 Å². The summed E-state index contributed by atoms with van der Waals surface area (Å²) in [5, 5.41) is 4.42. The maximum absolute atomic E-state index is 6.11. The smallest absolute Gasteiger partial charge is 0.196 e. The van der Waals surface area contributed by atoms with Gasteiger partial charge in [-0.1, -0.05) is 12.1 Å². The lowest BCUT2D eigenvalue weighted by Gasteiger charge is -2.27. The summed E-state index contributed by atoms with van der Waals surface area (Å²) in [5.41, 5.74) is 9.16. The first-order chi connectivity index (χ1) is 10.1. The van der Waals surface area contributed by atoms with Crippen LogP contribution in [-0.4, -0.2) is 29.4 Å². The molecule has 6 nitrogen and oxygen atoms in total. The van der Waals surface area contributed by atoms with Crippen molar-refractivity contribution in [3.63, 3.8) is 0 Å². The van der Waals surface area contributed by atoms with Crippen LogP contribution in [0.4, 0.5) is 5.69 Å². The van der Waals surface area contributed by atoms with Crippen LogP contribution >= 0.6 is 0 Å². The van der Waals surface area contributed by atoms with Crippen LogP contribution in [0, 0.1) is 6.92 Å². The van der Waals surface area contributed by atoms with Gasteiger partial charge in [0.25, 0.3) is 0 Å². The van der Waals surface area contributed by atoms with Crippen LogP contribution in [-0.2, 0) is 7.05 Å². The molecular weight excluding hydrogens is 266 g/mol. The number of benzene rings is 1. The number of hydrogen-bond donors (Lipinski definition) is 1. The van der Waals surface area contributed by atoms with E-state index in [4.69, 9.17) is 10.5 Å². The molecule has 2 N–H and O–H groups in total. The van der Waals surface area contributed by atoms with Gasteiger partial charge in [0.2, 0.25) is 0 Å². The first-order valence-corrected chi connectivity index (χ1v) is 6.84. The molecule has 1 aromatic carbocycles. The SMILES string of the molecule is COc1ccccc1N1C(N)=NCC1c1cn(C)nc1C. The van der Waals surface area contributed by atoms with E-state index in [0.717, 1.165) is 22.7 Å². The molecule has 0 amide bonds. The Kier molecular flexibility index (Phi) is 3.29. The van der Waals surface area contributed by atoms with Gasteiger partial charge in [-0.15, -0.1) is 0 Å². The summed E-state index contributed by atoms with van der Waals surface area (Å²) in [6, 6.07) is 7.88. The molecule has 2 heterocycles. The summed E-state index contributed by atoms with van der Waals surface area (Å²) in [5.74, 6) is 1.29. The quantitative estimate of drug-likeness (QED) is 0.930. The topological polar surface area (TPSA) is 68.7 Å². The predicted octanol–water partition coefficient (Wildman–Crippen LogP) is 1.61. The number of rotatable bonds is 3. The third-order valence-electron chi connectivity index (χ3n) is 3.74. The van der Waals surface area contributed by atoms with E-state index in [1.165, 1.54) is 0 Å². The number of nitrogens with zero attached hydrogens (tertiary/aromatic N) is 4. The molecule has 1 atom stereocenters. The lowest BCUT2D eigenvalue weighted by atomic mass is 10.1. The van der Waals surface area contributed by atoms with E-state index in [1.807, 2.05) is 54.0 Å². The van der Waals surface area contributed by atoms with Crippen LogP contribution in [0.2, 0.25) is 0 Å². The van der Waals surface area contributed by atoms with Crippen molar-refractivity contribution in [2.45, 2.75) is 13.0 Å². The summed E-state index contributed by atoms with van der Waals surface area (Å²) in [6.07, 6.45) is 2.02. The maximum Gasteiger partial charge on any atom is 0.196 e. The van der Waals surface area contributed by atoms with E-state index in [0.29, 0.717) is 12.5 Å². The molecule has 3 rings (SSSR count). The number of guanidine groups is 1. The second-order valence-corrected chi connectivity index (χ2v) is 5.10. The Labute approximate surface area is 123 Å². The summed E-state index contributed by atoms with van der Waals surface area (Å²) in [4.78, 5) is 6.42. The van der Waals surface area contributed by atoms with Crippen LogP contribution in [0.5, 0.6) is 5.75 Å². The highest BCUT2D eigenvalue weighted by Crippen LogP contribution is 2.37. The van der Waals surface area contributed by atoms with E-state index in [9.17, 15) is 0 Å². The Bertz CT molecular complexity index is 691. The lowest BCUT2D eigenvalue weighted by Crippen LogP contribution is -2.36. The zero-order valence-corrected chi connectivity index (χ0v) is 12.4. The molecule has 21 heavy (non-hydrogen) atoms. The summed E-state index contributed by atoms with van der Waals surface area (Å²) < 4.78 is 7.27. The number of methoxy groups -OCH3 is 1. The minimum atomic E-state index is 0.0509. The molecule has 0 fully saturated rings. The number of nitrogens with two attached hydrogens (primary N) is 1. The average Bonchev–Trinajstić information content (AvgIpc) is 3.01. The largest absolute Gasteiger partial charge is 0.495 e. The highest BCUT2D eigenvalue weighted by molar-refractivity contribution is 5.98. The van der Waals surface area contributed by atoms with Crippen molar-refractivity contribution in [2.75, 3.05) is 18.6 Å². The van der Waals surface area contributed by atoms with Crippen LogP contribution in [0.1, 0.15) is 17.3 Å². The number of para-hydroxylation sites is 2. The highest BCUT2D eigenvalue weighted by atomic mass is 16.5. The molecule has 1 unspecified atom stereocenters. The Morgan fingerprint density at radius 2 is 2.10 bits per heavy atom. The van der Waals surface area contributed by atoms with Gasteiger partial charge < -0.3 is 10.5 Å². The number of aryl methyl sites for hydroxylation is 2. The maximum atomic E-state index is 6.11. The van der Waals surface area contributed by atoms with Gasteiger partial charge in [-0.3, -0.25) is 14.6 Å². The fourth-order valence-corrected chi connectivity index (χ4v) is 2.80. The van der Waals surface area contributed by atoms with E-state index < -0.39 is 0 Å². The molecule has 0 bridgehead atoms. The van der Waals surface area contributed by atoms with E-state index in [-0.39, 0.29) is 6.04 Å². The van der Waals surface area contributed by atoms with Gasteiger partial charge in [-0.25, -0.2) is 0 Å². The van der Waals surface area contributed by atoms with Crippen LogP contribution in [0.15, 0.2) is 35.5 Å². The molecule has 1 aliphatic heterocycles. The van der Waals surface area contributed by atoms with Crippen molar-refractivity contribution in [1.82, 2.24) is 9.78 Å². The van der Waals surface area contributed by atoms with Crippen molar-refractivity contribution >= 4 is 11.6 Å².